The summed E-state index contributed by atoms with van der Waals surface area (Å²) in [7, 11) is -0.0256. The number of hydrogen-bond acceptors (Lipinski definition) is 5. The lowest BCUT2D eigenvalue weighted by molar-refractivity contribution is -0.115. The maximum atomic E-state index is 13.6. The van der Waals surface area contributed by atoms with Gasteiger partial charge in [-0.15, -0.1) is 0 Å². The Kier molecular flexibility index (Phi) is 8.16. The van der Waals surface area contributed by atoms with E-state index in [1.807, 2.05) is 37.2 Å². The van der Waals surface area contributed by atoms with Crippen molar-refractivity contribution in [1.82, 2.24) is 4.31 Å². The Morgan fingerprint density at radius 2 is 2.00 bits per heavy atom. The average Bonchev–Trinajstić information content (AvgIpc) is 3.26. The van der Waals surface area contributed by atoms with Gasteiger partial charge in [-0.25, -0.2) is 8.42 Å². The number of amides is 1. The van der Waals surface area contributed by atoms with Crippen molar-refractivity contribution in [1.29, 1.82) is 0 Å². The van der Waals surface area contributed by atoms with Crippen LogP contribution >= 0.6 is 11.6 Å². The number of sulfonamides is 1. The second kappa shape index (κ2) is 10.7. The number of nitrogens with zero attached hydrogens (tertiary/aromatic N) is 2. The van der Waals surface area contributed by atoms with Gasteiger partial charge in [0, 0.05) is 56.6 Å². The van der Waals surface area contributed by atoms with Gasteiger partial charge in [0.1, 0.15) is 0 Å². The molecule has 1 fully saturated rings. The van der Waals surface area contributed by atoms with E-state index < -0.39 is 10.0 Å². The van der Waals surface area contributed by atoms with Crippen molar-refractivity contribution in [3.63, 3.8) is 0 Å². The largest absolute Gasteiger partial charge is 0.377 e. The number of anilines is 2. The summed E-state index contributed by atoms with van der Waals surface area (Å²) >= 11 is 6.08. The number of nitrogens with one attached hydrogen (secondary N) is 1. The van der Waals surface area contributed by atoms with Crippen LogP contribution in [0.1, 0.15) is 31.7 Å². The zero-order valence-corrected chi connectivity index (χ0v) is 20.2. The van der Waals surface area contributed by atoms with Gasteiger partial charge < -0.3 is 15.0 Å². The van der Waals surface area contributed by atoms with Gasteiger partial charge in [-0.1, -0.05) is 24.6 Å². The Morgan fingerprint density at radius 1 is 1.22 bits per heavy atom. The normalized spacial score (nSPS) is 16.3. The quantitative estimate of drug-likeness (QED) is 0.585. The SMILES string of the molecule is CCC(=O)Nc1ccc(N(C)C)c(CN(CC2CCCO2)S(=O)(=O)c2cccc(Cl)c2)c1. The molecule has 1 unspecified atom stereocenters. The molecule has 9 heteroatoms. The van der Waals surface area contributed by atoms with Crippen LogP contribution in [0, 0.1) is 0 Å². The molecule has 1 amide bonds. The summed E-state index contributed by atoms with van der Waals surface area (Å²) in [6, 6.07) is 11.8. The van der Waals surface area contributed by atoms with Crippen molar-refractivity contribution in [2.24, 2.45) is 0 Å². The molecule has 1 N–H and O–H groups in total. The molecule has 1 heterocycles. The Labute approximate surface area is 195 Å². The van der Waals surface area contributed by atoms with Crippen LogP contribution in [-0.4, -0.2) is 52.0 Å². The lowest BCUT2D eigenvalue weighted by Gasteiger charge is -2.27. The Hall–Kier alpha value is -2.13. The highest BCUT2D eigenvalue weighted by molar-refractivity contribution is 7.89. The Morgan fingerprint density at radius 3 is 2.62 bits per heavy atom. The molecule has 0 radical (unpaired) electrons. The average molecular weight is 480 g/mol. The molecule has 7 nitrogen and oxygen atoms in total. The summed E-state index contributed by atoms with van der Waals surface area (Å²) in [6.07, 6.45) is 1.93. The van der Waals surface area contributed by atoms with Gasteiger partial charge in [0.05, 0.1) is 11.0 Å². The van der Waals surface area contributed by atoms with E-state index in [9.17, 15) is 13.2 Å². The fourth-order valence-electron chi connectivity index (χ4n) is 3.71. The van der Waals surface area contributed by atoms with Crippen LogP contribution in [0.2, 0.25) is 5.02 Å². The maximum absolute atomic E-state index is 13.6. The van der Waals surface area contributed by atoms with Crippen LogP contribution in [0.25, 0.3) is 0 Å². The van der Waals surface area contributed by atoms with E-state index in [4.69, 9.17) is 16.3 Å². The summed E-state index contributed by atoms with van der Waals surface area (Å²) in [4.78, 5) is 14.0. The standard InChI is InChI=1S/C23H30ClN3O4S/c1-4-23(28)25-19-10-11-22(26(2)3)17(13-19)15-27(16-20-8-6-12-31-20)32(29,30)21-9-5-7-18(24)14-21/h5,7,9-11,13-14,20H,4,6,8,12,15-16H2,1-3H3,(H,25,28). The molecule has 0 aliphatic carbocycles. The zero-order chi connectivity index (χ0) is 23.3. The number of ether oxygens (including phenoxy) is 1. The number of carbonyl (C=O) groups is 1. The monoisotopic (exact) mass is 479 g/mol. The number of hydrogen-bond donors (Lipinski definition) is 1. The van der Waals surface area contributed by atoms with Crippen LogP contribution < -0.4 is 10.2 Å². The first-order valence-corrected chi connectivity index (χ1v) is 12.5. The second-order valence-corrected chi connectivity index (χ2v) is 10.4. The van der Waals surface area contributed by atoms with Crippen LogP contribution in [0.5, 0.6) is 0 Å². The van der Waals surface area contributed by atoms with Gasteiger partial charge in [-0.3, -0.25) is 4.79 Å². The smallest absolute Gasteiger partial charge is 0.243 e. The van der Waals surface area contributed by atoms with Crippen molar-refractivity contribution in [2.75, 3.05) is 37.5 Å². The van der Waals surface area contributed by atoms with E-state index in [0.29, 0.717) is 23.7 Å². The highest BCUT2D eigenvalue weighted by Gasteiger charge is 2.30. The summed E-state index contributed by atoms with van der Waals surface area (Å²) in [5.41, 5.74) is 2.29. The highest BCUT2D eigenvalue weighted by atomic mass is 35.5. The molecule has 1 aliphatic rings. The van der Waals surface area contributed by atoms with Gasteiger partial charge in [-0.05, 0) is 54.8 Å². The first-order valence-electron chi connectivity index (χ1n) is 10.7. The number of halogens is 1. The minimum atomic E-state index is -3.83. The van der Waals surface area contributed by atoms with E-state index in [1.54, 1.807) is 25.1 Å². The summed E-state index contributed by atoms with van der Waals surface area (Å²) in [5.74, 6) is -0.101. The van der Waals surface area contributed by atoms with Gasteiger partial charge in [0.15, 0.2) is 0 Å². The molecule has 1 aliphatic heterocycles. The summed E-state index contributed by atoms with van der Waals surface area (Å²) in [6.45, 7) is 2.80. The molecule has 0 spiro atoms. The second-order valence-electron chi connectivity index (χ2n) is 8.03. The van der Waals surface area contributed by atoms with Crippen LogP contribution in [0.15, 0.2) is 47.4 Å². The van der Waals surface area contributed by atoms with Crippen LogP contribution in [0.3, 0.4) is 0 Å². The lowest BCUT2D eigenvalue weighted by Crippen LogP contribution is -2.37. The number of carbonyl (C=O) groups excluding carboxylic acids is 1. The minimum Gasteiger partial charge on any atom is -0.377 e. The Bertz CT molecular complexity index is 1050. The predicted molar refractivity (Wildman–Crippen MR) is 128 cm³/mol. The highest BCUT2D eigenvalue weighted by Crippen LogP contribution is 2.29. The van der Waals surface area contributed by atoms with Gasteiger partial charge >= 0.3 is 0 Å². The summed E-state index contributed by atoms with van der Waals surface area (Å²) in [5, 5.41) is 3.22. The summed E-state index contributed by atoms with van der Waals surface area (Å²) < 4.78 is 34.4. The van der Waals surface area contributed by atoms with Crippen molar-refractivity contribution < 1.29 is 17.9 Å². The van der Waals surface area contributed by atoms with E-state index >= 15 is 0 Å². The van der Waals surface area contributed by atoms with Gasteiger partial charge in [-0.2, -0.15) is 4.31 Å². The fourth-order valence-corrected chi connectivity index (χ4v) is 5.46. The molecule has 1 atom stereocenters. The third-order valence-electron chi connectivity index (χ3n) is 5.38. The first kappa shape index (κ1) is 24.5. The molecule has 0 bridgehead atoms. The van der Waals surface area contributed by atoms with E-state index in [1.165, 1.54) is 10.4 Å². The molecule has 2 aromatic rings. The fraction of sp³-hybridized carbons (Fsp3) is 0.435. The molecule has 1 saturated heterocycles. The van der Waals surface area contributed by atoms with E-state index in [-0.39, 0.29) is 30.0 Å². The van der Waals surface area contributed by atoms with Crippen LogP contribution in [0.4, 0.5) is 11.4 Å². The lowest BCUT2D eigenvalue weighted by atomic mass is 10.1. The molecular formula is C23H30ClN3O4S. The minimum absolute atomic E-state index is 0.101. The number of rotatable bonds is 9. The number of benzene rings is 2. The topological polar surface area (TPSA) is 79.0 Å². The van der Waals surface area contributed by atoms with E-state index in [0.717, 1.165) is 24.1 Å². The van der Waals surface area contributed by atoms with Crippen molar-refractivity contribution in [3.8, 4) is 0 Å². The molecule has 2 aromatic carbocycles. The first-order chi connectivity index (χ1) is 15.2. The van der Waals surface area contributed by atoms with Gasteiger partial charge in [0.25, 0.3) is 0 Å². The molecule has 0 saturated carbocycles. The zero-order valence-electron chi connectivity index (χ0n) is 18.7. The molecule has 32 heavy (non-hydrogen) atoms. The van der Waals surface area contributed by atoms with Crippen LogP contribution in [-0.2, 0) is 26.1 Å². The van der Waals surface area contributed by atoms with Crippen molar-refractivity contribution in [2.45, 2.75) is 43.7 Å². The molecule has 174 valence electrons. The van der Waals surface area contributed by atoms with Crippen molar-refractivity contribution >= 4 is 38.9 Å². The molecule has 0 aromatic heterocycles. The van der Waals surface area contributed by atoms with Crippen molar-refractivity contribution in [3.05, 3.63) is 53.1 Å². The van der Waals surface area contributed by atoms with Gasteiger partial charge in [0.2, 0.25) is 15.9 Å². The Balaban J connectivity index is 2.00. The maximum Gasteiger partial charge on any atom is 0.243 e. The molecular weight excluding hydrogens is 450 g/mol. The molecule has 3 rings (SSSR count). The third kappa shape index (κ3) is 6.01. The van der Waals surface area contributed by atoms with E-state index in [2.05, 4.69) is 5.32 Å². The third-order valence-corrected chi connectivity index (χ3v) is 7.42. The predicted octanol–water partition coefficient (Wildman–Crippen LogP) is 4.12.